The molecule has 1 aromatic heterocycles. The third-order valence-electron chi connectivity index (χ3n) is 2.34. The molecule has 2 N–H and O–H groups in total. The first kappa shape index (κ1) is 12.4. The van der Waals surface area contributed by atoms with Crippen LogP contribution in [0.3, 0.4) is 0 Å². The third-order valence-corrected chi connectivity index (χ3v) is 3.25. The Morgan fingerprint density at radius 3 is 2.88 bits per heavy atom. The fourth-order valence-electron chi connectivity index (χ4n) is 1.52. The summed E-state index contributed by atoms with van der Waals surface area (Å²) >= 11 is 8.19. The minimum absolute atomic E-state index is 0.248. The molecule has 88 valence electrons. The van der Waals surface area contributed by atoms with Gasteiger partial charge in [0.15, 0.2) is 0 Å². The van der Waals surface area contributed by atoms with E-state index in [1.54, 1.807) is 6.07 Å². The molecule has 0 unspecified atom stereocenters. The zero-order valence-electron chi connectivity index (χ0n) is 8.83. The monoisotopic (exact) mass is 362 g/mol. The van der Waals surface area contributed by atoms with Crippen LogP contribution >= 0.6 is 34.2 Å². The topological polar surface area (TPSA) is 65.2 Å². The summed E-state index contributed by atoms with van der Waals surface area (Å²) in [4.78, 5) is 15.6. The first-order valence-corrected chi connectivity index (χ1v) is 6.12. The number of aromatic nitrogens is 1. The number of hydrogen-bond acceptors (Lipinski definition) is 4. The molecular formula is C11H8ClIN2O2. The predicted octanol–water partition coefficient (Wildman–Crippen LogP) is 2.86. The van der Waals surface area contributed by atoms with Gasteiger partial charge in [0.05, 0.1) is 23.3 Å². The minimum atomic E-state index is -0.508. The molecule has 0 aliphatic heterocycles. The first-order valence-electron chi connectivity index (χ1n) is 4.66. The van der Waals surface area contributed by atoms with Crippen LogP contribution in [-0.2, 0) is 4.74 Å². The lowest BCUT2D eigenvalue weighted by Crippen LogP contribution is -2.07. The summed E-state index contributed by atoms with van der Waals surface area (Å²) in [7, 11) is 1.30. The molecule has 0 fully saturated rings. The third kappa shape index (κ3) is 2.16. The number of anilines is 1. The van der Waals surface area contributed by atoms with Crippen molar-refractivity contribution in [1.29, 1.82) is 0 Å². The van der Waals surface area contributed by atoms with Crippen LogP contribution in [0.4, 0.5) is 5.69 Å². The molecule has 17 heavy (non-hydrogen) atoms. The number of carbonyl (C=O) groups excluding carboxylic acids is 1. The smallest absolute Gasteiger partial charge is 0.341 e. The lowest BCUT2D eigenvalue weighted by atomic mass is 10.1. The van der Waals surface area contributed by atoms with Gasteiger partial charge in [-0.05, 0) is 34.7 Å². The molecule has 4 nitrogen and oxygen atoms in total. The van der Waals surface area contributed by atoms with E-state index in [0.29, 0.717) is 21.6 Å². The molecule has 0 aliphatic carbocycles. The second-order valence-corrected chi connectivity index (χ2v) is 5.01. The van der Waals surface area contributed by atoms with Crippen molar-refractivity contribution in [3.63, 3.8) is 0 Å². The van der Waals surface area contributed by atoms with E-state index in [1.165, 1.54) is 13.3 Å². The van der Waals surface area contributed by atoms with Gasteiger partial charge in [0.2, 0.25) is 0 Å². The summed E-state index contributed by atoms with van der Waals surface area (Å²) in [5, 5.41) is 1.17. The number of benzene rings is 1. The molecule has 1 aromatic carbocycles. The molecule has 2 rings (SSSR count). The number of pyridine rings is 1. The zero-order valence-corrected chi connectivity index (χ0v) is 11.7. The highest BCUT2D eigenvalue weighted by Crippen LogP contribution is 2.30. The molecule has 0 atom stereocenters. The van der Waals surface area contributed by atoms with Crippen LogP contribution in [0.15, 0.2) is 18.3 Å². The Hall–Kier alpha value is -1.08. The van der Waals surface area contributed by atoms with Gasteiger partial charge in [-0.1, -0.05) is 11.6 Å². The molecule has 0 spiro atoms. The van der Waals surface area contributed by atoms with Crippen LogP contribution in [0.1, 0.15) is 10.4 Å². The van der Waals surface area contributed by atoms with E-state index >= 15 is 0 Å². The van der Waals surface area contributed by atoms with Gasteiger partial charge in [-0.15, -0.1) is 0 Å². The maximum atomic E-state index is 11.5. The van der Waals surface area contributed by atoms with Crippen molar-refractivity contribution < 1.29 is 9.53 Å². The van der Waals surface area contributed by atoms with Crippen molar-refractivity contribution in [3.05, 3.63) is 32.5 Å². The largest absolute Gasteiger partial charge is 0.465 e. The van der Waals surface area contributed by atoms with Crippen LogP contribution in [0.25, 0.3) is 10.9 Å². The van der Waals surface area contributed by atoms with Crippen LogP contribution in [0, 0.1) is 3.57 Å². The van der Waals surface area contributed by atoms with Crippen molar-refractivity contribution in [2.24, 2.45) is 0 Å². The number of fused-ring (bicyclic) bond motifs is 1. The molecule has 0 radical (unpaired) electrons. The van der Waals surface area contributed by atoms with E-state index in [-0.39, 0.29) is 5.56 Å². The predicted molar refractivity (Wildman–Crippen MR) is 75.2 cm³/mol. The Labute approximate surface area is 116 Å². The molecule has 2 aromatic rings. The van der Waals surface area contributed by atoms with E-state index in [9.17, 15) is 4.79 Å². The number of nitrogens with zero attached hydrogens (tertiary/aromatic N) is 1. The Bertz CT molecular complexity index is 616. The van der Waals surface area contributed by atoms with Gasteiger partial charge in [0.1, 0.15) is 5.56 Å². The Morgan fingerprint density at radius 2 is 2.24 bits per heavy atom. The van der Waals surface area contributed by atoms with E-state index in [4.69, 9.17) is 17.3 Å². The van der Waals surface area contributed by atoms with Crippen LogP contribution < -0.4 is 5.73 Å². The maximum Gasteiger partial charge on any atom is 0.341 e. The second-order valence-electron chi connectivity index (χ2n) is 3.36. The second kappa shape index (κ2) is 4.66. The van der Waals surface area contributed by atoms with Crippen LogP contribution in [-0.4, -0.2) is 18.1 Å². The molecule has 0 bridgehead atoms. The number of methoxy groups -OCH3 is 1. The highest BCUT2D eigenvalue weighted by atomic mass is 127. The summed E-state index contributed by atoms with van der Waals surface area (Å²) in [6, 6.07) is 3.62. The Balaban J connectivity index is 2.79. The van der Waals surface area contributed by atoms with Gasteiger partial charge >= 0.3 is 5.97 Å². The lowest BCUT2D eigenvalue weighted by molar-refractivity contribution is 0.0601. The van der Waals surface area contributed by atoms with E-state index < -0.39 is 5.97 Å². The molecule has 0 amide bonds. The fraction of sp³-hybridized carbons (Fsp3) is 0.0909. The van der Waals surface area contributed by atoms with Gasteiger partial charge in [-0.2, -0.15) is 0 Å². The zero-order chi connectivity index (χ0) is 12.6. The van der Waals surface area contributed by atoms with Crippen molar-refractivity contribution in [2.45, 2.75) is 0 Å². The van der Waals surface area contributed by atoms with Crippen molar-refractivity contribution in [1.82, 2.24) is 4.98 Å². The summed E-state index contributed by atoms with van der Waals surface area (Å²) in [5.41, 5.74) is 7.09. The van der Waals surface area contributed by atoms with Gasteiger partial charge in [-0.25, -0.2) is 4.79 Å². The van der Waals surface area contributed by atoms with Crippen LogP contribution in [0.5, 0.6) is 0 Å². The maximum absolute atomic E-state index is 11.5. The number of rotatable bonds is 1. The van der Waals surface area contributed by atoms with E-state index in [2.05, 4.69) is 32.3 Å². The van der Waals surface area contributed by atoms with Gasteiger partial charge < -0.3 is 10.5 Å². The minimum Gasteiger partial charge on any atom is -0.465 e. The number of hydrogen-bond donors (Lipinski definition) is 1. The number of nitrogen functional groups attached to an aromatic ring is 1. The standard InChI is InChI=1S/C11H8ClIN2O2/c1-17-11(16)7-4-15-10-6(9(7)14)2-5(13)3-8(10)12/h2-4H,1H3,(H2,14,15). The van der Waals surface area contributed by atoms with Crippen molar-refractivity contribution >= 4 is 56.8 Å². The molecule has 1 heterocycles. The quantitative estimate of drug-likeness (QED) is 0.626. The highest BCUT2D eigenvalue weighted by molar-refractivity contribution is 14.1. The number of esters is 1. The number of nitrogens with two attached hydrogens (primary N) is 1. The van der Waals surface area contributed by atoms with Crippen LogP contribution in [0.2, 0.25) is 5.02 Å². The summed E-state index contributed by atoms with van der Waals surface area (Å²) in [5.74, 6) is -0.508. The fourth-order valence-corrected chi connectivity index (χ4v) is 2.59. The highest BCUT2D eigenvalue weighted by Gasteiger charge is 2.15. The van der Waals surface area contributed by atoms with Crippen molar-refractivity contribution in [3.8, 4) is 0 Å². The molecule has 0 aliphatic rings. The van der Waals surface area contributed by atoms with Crippen molar-refractivity contribution in [2.75, 3.05) is 12.8 Å². The summed E-state index contributed by atoms with van der Waals surface area (Å²) in [6.07, 6.45) is 1.38. The first-order chi connectivity index (χ1) is 8.04. The Kier molecular flexibility index (Phi) is 3.39. The SMILES string of the molecule is COC(=O)c1cnc2c(Cl)cc(I)cc2c1N. The van der Waals surface area contributed by atoms with Gasteiger partial charge in [0.25, 0.3) is 0 Å². The normalized spacial score (nSPS) is 10.5. The van der Waals surface area contributed by atoms with E-state index in [0.717, 1.165) is 3.57 Å². The summed E-state index contributed by atoms with van der Waals surface area (Å²) < 4.78 is 5.56. The number of halogens is 2. The molecular weight excluding hydrogens is 354 g/mol. The molecule has 0 saturated heterocycles. The van der Waals surface area contributed by atoms with Gasteiger partial charge in [-0.3, -0.25) is 4.98 Å². The Morgan fingerprint density at radius 1 is 1.53 bits per heavy atom. The average molecular weight is 363 g/mol. The summed E-state index contributed by atoms with van der Waals surface area (Å²) in [6.45, 7) is 0. The lowest BCUT2D eigenvalue weighted by Gasteiger charge is -2.08. The molecule has 0 saturated carbocycles. The van der Waals surface area contributed by atoms with Gasteiger partial charge in [0, 0.05) is 15.2 Å². The number of ether oxygens (including phenoxy) is 1. The average Bonchev–Trinajstić information content (AvgIpc) is 2.29. The van der Waals surface area contributed by atoms with E-state index in [1.807, 2.05) is 6.07 Å². The number of carbonyl (C=O) groups is 1. The molecule has 6 heteroatoms.